The first-order chi connectivity index (χ1) is 9.51. The summed E-state index contributed by atoms with van der Waals surface area (Å²) in [6.45, 7) is 3.73. The molecule has 1 aromatic heterocycles. The van der Waals surface area contributed by atoms with Gasteiger partial charge in [0.15, 0.2) is 0 Å². The smallest absolute Gasteiger partial charge is 0.262 e. The predicted octanol–water partition coefficient (Wildman–Crippen LogP) is 2.41. The lowest BCUT2D eigenvalue weighted by Crippen LogP contribution is -2.29. The number of nitrogens with zero attached hydrogens (tertiary/aromatic N) is 1. The quantitative estimate of drug-likeness (QED) is 0.897. The minimum atomic E-state index is -0.730. The third kappa shape index (κ3) is 2.44. The standard InChI is InChI=1S/C15H18N2O3/c1-4-15(2,20-3)14-16-12(18)11(13(19)17-14)10-8-6-5-7-9-10/h5-9H,4H2,1-3H3,(H2,16,17,18,19). The molecule has 20 heavy (non-hydrogen) atoms. The summed E-state index contributed by atoms with van der Waals surface area (Å²) in [6, 6.07) is 8.94. The number of nitrogens with one attached hydrogen (secondary N) is 1. The van der Waals surface area contributed by atoms with Crippen LogP contribution in [0.5, 0.6) is 5.88 Å². The maximum atomic E-state index is 12.2. The van der Waals surface area contributed by atoms with Crippen molar-refractivity contribution in [3.05, 3.63) is 46.5 Å². The van der Waals surface area contributed by atoms with Crippen molar-refractivity contribution in [3.63, 3.8) is 0 Å². The van der Waals surface area contributed by atoms with Crippen LogP contribution in [0.25, 0.3) is 11.1 Å². The fraction of sp³-hybridized carbons (Fsp3) is 0.333. The number of aromatic hydroxyl groups is 1. The maximum Gasteiger partial charge on any atom is 0.262 e. The first-order valence-electron chi connectivity index (χ1n) is 6.46. The zero-order chi connectivity index (χ0) is 14.8. The van der Waals surface area contributed by atoms with Crippen molar-refractivity contribution < 1.29 is 9.84 Å². The van der Waals surface area contributed by atoms with Gasteiger partial charge in [-0.1, -0.05) is 37.3 Å². The SMILES string of the molecule is CCC(C)(OC)c1nc(O)c(-c2ccccc2)c(=O)[nH]1. The minimum absolute atomic E-state index is 0.170. The van der Waals surface area contributed by atoms with Gasteiger partial charge in [-0.3, -0.25) is 4.79 Å². The highest BCUT2D eigenvalue weighted by atomic mass is 16.5. The molecule has 0 radical (unpaired) electrons. The molecule has 5 nitrogen and oxygen atoms in total. The molecule has 1 aromatic carbocycles. The molecule has 1 unspecified atom stereocenters. The van der Waals surface area contributed by atoms with E-state index in [1.807, 2.05) is 19.9 Å². The Labute approximate surface area is 117 Å². The summed E-state index contributed by atoms with van der Waals surface area (Å²) in [5, 5.41) is 10.1. The average Bonchev–Trinajstić information content (AvgIpc) is 2.46. The zero-order valence-electron chi connectivity index (χ0n) is 11.8. The Morgan fingerprint density at radius 2 is 2.00 bits per heavy atom. The van der Waals surface area contributed by atoms with Crippen LogP contribution in [0.1, 0.15) is 26.1 Å². The van der Waals surface area contributed by atoms with Crippen LogP contribution in [0.3, 0.4) is 0 Å². The van der Waals surface area contributed by atoms with E-state index < -0.39 is 5.60 Å². The normalized spacial score (nSPS) is 13.9. The highest BCUT2D eigenvalue weighted by Gasteiger charge is 2.28. The summed E-state index contributed by atoms with van der Waals surface area (Å²) in [5.74, 6) is 0.0383. The van der Waals surface area contributed by atoms with E-state index >= 15 is 0 Å². The summed E-state index contributed by atoms with van der Waals surface area (Å²) in [5.41, 5.74) is -0.313. The van der Waals surface area contributed by atoms with Crippen LogP contribution in [0, 0.1) is 0 Å². The second kappa shape index (κ2) is 5.46. The van der Waals surface area contributed by atoms with Gasteiger partial charge < -0.3 is 14.8 Å². The molecule has 0 saturated carbocycles. The van der Waals surface area contributed by atoms with Crippen molar-refractivity contribution in [2.24, 2.45) is 0 Å². The molecule has 0 saturated heterocycles. The molecule has 0 aliphatic carbocycles. The minimum Gasteiger partial charge on any atom is -0.493 e. The van der Waals surface area contributed by atoms with Crippen molar-refractivity contribution in [2.45, 2.75) is 25.9 Å². The van der Waals surface area contributed by atoms with Crippen molar-refractivity contribution in [3.8, 4) is 17.0 Å². The number of hydrogen-bond donors (Lipinski definition) is 2. The van der Waals surface area contributed by atoms with Gasteiger partial charge in [0.2, 0.25) is 5.88 Å². The molecule has 0 bridgehead atoms. The first-order valence-corrected chi connectivity index (χ1v) is 6.46. The fourth-order valence-corrected chi connectivity index (χ4v) is 1.99. The van der Waals surface area contributed by atoms with Gasteiger partial charge in [0.05, 0.1) is 0 Å². The van der Waals surface area contributed by atoms with Crippen LogP contribution in [0.15, 0.2) is 35.1 Å². The molecule has 0 aliphatic heterocycles. The van der Waals surface area contributed by atoms with Crippen LogP contribution in [0.2, 0.25) is 0 Å². The Bertz CT molecular complexity index is 646. The van der Waals surface area contributed by atoms with Crippen LogP contribution in [0.4, 0.5) is 0 Å². The lowest BCUT2D eigenvalue weighted by molar-refractivity contribution is -0.00956. The molecule has 0 fully saturated rings. The Hall–Kier alpha value is -2.14. The molecule has 5 heteroatoms. The van der Waals surface area contributed by atoms with Gasteiger partial charge >= 0.3 is 0 Å². The highest BCUT2D eigenvalue weighted by molar-refractivity contribution is 5.66. The van der Waals surface area contributed by atoms with Gasteiger partial charge in [0.25, 0.3) is 5.56 Å². The van der Waals surface area contributed by atoms with Gasteiger partial charge in [-0.25, -0.2) is 0 Å². The summed E-state index contributed by atoms with van der Waals surface area (Å²) in [4.78, 5) is 19.0. The molecule has 0 aliphatic rings. The summed E-state index contributed by atoms with van der Waals surface area (Å²) < 4.78 is 5.38. The van der Waals surface area contributed by atoms with Gasteiger partial charge in [0, 0.05) is 7.11 Å². The number of benzene rings is 1. The molecular formula is C15H18N2O3. The zero-order valence-corrected chi connectivity index (χ0v) is 11.8. The largest absolute Gasteiger partial charge is 0.493 e. The number of ether oxygens (including phenoxy) is 1. The monoisotopic (exact) mass is 274 g/mol. The van der Waals surface area contributed by atoms with Crippen molar-refractivity contribution in [1.82, 2.24) is 9.97 Å². The lowest BCUT2D eigenvalue weighted by Gasteiger charge is -2.25. The Morgan fingerprint density at radius 3 is 2.50 bits per heavy atom. The molecular weight excluding hydrogens is 256 g/mol. The first kappa shape index (κ1) is 14.3. The number of hydrogen-bond acceptors (Lipinski definition) is 4. The number of H-pyrrole nitrogens is 1. The molecule has 1 heterocycles. The van der Waals surface area contributed by atoms with Gasteiger partial charge in [-0.2, -0.15) is 4.98 Å². The van der Waals surface area contributed by atoms with Crippen molar-refractivity contribution in [2.75, 3.05) is 7.11 Å². The predicted molar refractivity (Wildman–Crippen MR) is 76.6 cm³/mol. The summed E-state index contributed by atoms with van der Waals surface area (Å²) >= 11 is 0. The van der Waals surface area contributed by atoms with E-state index in [-0.39, 0.29) is 17.0 Å². The van der Waals surface area contributed by atoms with E-state index in [0.29, 0.717) is 17.8 Å². The molecule has 0 spiro atoms. The van der Waals surface area contributed by atoms with E-state index in [2.05, 4.69) is 9.97 Å². The molecule has 2 N–H and O–H groups in total. The van der Waals surface area contributed by atoms with E-state index in [1.54, 1.807) is 31.4 Å². The Morgan fingerprint density at radius 1 is 1.35 bits per heavy atom. The molecule has 1 atom stereocenters. The van der Waals surface area contributed by atoms with Crippen LogP contribution in [-0.4, -0.2) is 22.2 Å². The second-order valence-corrected chi connectivity index (χ2v) is 4.77. The average molecular weight is 274 g/mol. The number of methoxy groups -OCH3 is 1. The van der Waals surface area contributed by atoms with Gasteiger partial charge in [-0.15, -0.1) is 0 Å². The second-order valence-electron chi connectivity index (χ2n) is 4.77. The van der Waals surface area contributed by atoms with E-state index in [1.165, 1.54) is 0 Å². The van der Waals surface area contributed by atoms with Crippen LogP contribution >= 0.6 is 0 Å². The van der Waals surface area contributed by atoms with E-state index in [4.69, 9.17) is 4.74 Å². The molecule has 2 aromatic rings. The van der Waals surface area contributed by atoms with E-state index in [0.717, 1.165) is 0 Å². The molecule has 0 amide bonds. The Balaban J connectivity index is 2.59. The third-order valence-electron chi connectivity index (χ3n) is 3.59. The van der Waals surface area contributed by atoms with Crippen LogP contribution in [-0.2, 0) is 10.3 Å². The lowest BCUT2D eigenvalue weighted by atomic mass is 10.0. The summed E-state index contributed by atoms with van der Waals surface area (Å²) in [7, 11) is 1.55. The number of aromatic nitrogens is 2. The van der Waals surface area contributed by atoms with Crippen molar-refractivity contribution in [1.29, 1.82) is 0 Å². The number of rotatable bonds is 4. The van der Waals surface area contributed by atoms with E-state index in [9.17, 15) is 9.90 Å². The van der Waals surface area contributed by atoms with Gasteiger partial charge in [-0.05, 0) is 18.9 Å². The van der Waals surface area contributed by atoms with Gasteiger partial charge in [0.1, 0.15) is 17.0 Å². The molecule has 2 rings (SSSR count). The number of aromatic amines is 1. The van der Waals surface area contributed by atoms with Crippen LogP contribution < -0.4 is 5.56 Å². The van der Waals surface area contributed by atoms with Crippen molar-refractivity contribution >= 4 is 0 Å². The fourth-order valence-electron chi connectivity index (χ4n) is 1.99. The summed E-state index contributed by atoms with van der Waals surface area (Å²) in [6.07, 6.45) is 0.622. The topological polar surface area (TPSA) is 75.2 Å². The third-order valence-corrected chi connectivity index (χ3v) is 3.59. The Kier molecular flexibility index (Phi) is 3.90. The molecule has 106 valence electrons. The highest BCUT2D eigenvalue weighted by Crippen LogP contribution is 2.28. The maximum absolute atomic E-state index is 12.2.